The minimum absolute atomic E-state index is 0.0473. The lowest BCUT2D eigenvalue weighted by molar-refractivity contribution is -0.386. The Morgan fingerprint density at radius 2 is 2.09 bits per heavy atom. The van der Waals surface area contributed by atoms with Crippen LogP contribution in [0.3, 0.4) is 0 Å². The lowest BCUT2D eigenvalue weighted by Crippen LogP contribution is -2.19. The monoisotopic (exact) mass is 335 g/mol. The van der Waals surface area contributed by atoms with Gasteiger partial charge in [-0.15, -0.1) is 18.3 Å². The first kappa shape index (κ1) is 15.9. The fraction of sp³-hybridized carbons (Fsp3) is 0.182. The van der Waals surface area contributed by atoms with Crippen LogP contribution in [-0.2, 0) is 6.61 Å². The van der Waals surface area contributed by atoms with Crippen molar-refractivity contribution in [3.63, 3.8) is 0 Å². The van der Waals surface area contributed by atoms with Crippen molar-refractivity contribution in [2.24, 2.45) is 0 Å². The van der Waals surface area contributed by atoms with Gasteiger partial charge in [-0.3, -0.25) is 10.1 Å². The van der Waals surface area contributed by atoms with Crippen molar-refractivity contribution in [3.05, 3.63) is 46.1 Å². The van der Waals surface area contributed by atoms with Gasteiger partial charge in [0.1, 0.15) is 17.9 Å². The number of halogens is 3. The predicted molar refractivity (Wildman–Crippen MR) is 70.7 cm³/mol. The third-order valence-electron chi connectivity index (χ3n) is 2.45. The Morgan fingerprint density at radius 3 is 2.64 bits per heavy atom. The van der Waals surface area contributed by atoms with Crippen molar-refractivity contribution in [1.82, 2.24) is 9.19 Å². The second kappa shape index (κ2) is 6.13. The van der Waals surface area contributed by atoms with Gasteiger partial charge in [0.15, 0.2) is 0 Å². The molecule has 0 spiro atoms. The fourth-order valence-electron chi connectivity index (χ4n) is 1.61. The van der Waals surface area contributed by atoms with Gasteiger partial charge in [-0.2, -0.15) is 0 Å². The number of nitro benzene ring substituents is 1. The first-order chi connectivity index (χ1) is 10.3. The summed E-state index contributed by atoms with van der Waals surface area (Å²) >= 11 is 3.86. The van der Waals surface area contributed by atoms with Crippen molar-refractivity contribution < 1.29 is 27.6 Å². The Labute approximate surface area is 126 Å². The Balaban J connectivity index is 2.30. The quantitative estimate of drug-likeness (QED) is 0.516. The number of thiol groups is 1. The van der Waals surface area contributed by atoms with E-state index in [-0.39, 0.29) is 11.4 Å². The summed E-state index contributed by atoms with van der Waals surface area (Å²) in [5, 5.41) is 14.7. The number of alkyl halides is 3. The van der Waals surface area contributed by atoms with Crippen molar-refractivity contribution in [2.45, 2.75) is 13.0 Å². The molecule has 0 fully saturated rings. The summed E-state index contributed by atoms with van der Waals surface area (Å²) in [6, 6.07) is 4.51. The molecule has 11 heteroatoms. The molecule has 0 bridgehead atoms. The van der Waals surface area contributed by atoms with Gasteiger partial charge in [0.25, 0.3) is 5.69 Å². The molecular weight excluding hydrogens is 327 g/mol. The summed E-state index contributed by atoms with van der Waals surface area (Å²) in [5.74, 6) is -0.655. The zero-order valence-corrected chi connectivity index (χ0v) is 11.5. The van der Waals surface area contributed by atoms with Crippen molar-refractivity contribution in [3.8, 4) is 11.6 Å². The summed E-state index contributed by atoms with van der Waals surface area (Å²) in [7, 11) is 0. The first-order valence-corrected chi connectivity index (χ1v) is 6.06. The molecule has 1 aromatic heterocycles. The summed E-state index contributed by atoms with van der Waals surface area (Å²) in [6.07, 6.45) is -3.55. The standard InChI is InChI=1S/C11H8F3N3O4S/c12-11(13,14)21-9-3-1-2-8(17(18)19)7(9)6-20-10-4-5-16(22)15-10/h1-5,22H,6H2. The zero-order valence-electron chi connectivity index (χ0n) is 10.6. The van der Waals surface area contributed by atoms with Crippen molar-refractivity contribution in [2.75, 3.05) is 0 Å². The maximum atomic E-state index is 12.4. The average Bonchev–Trinajstić information content (AvgIpc) is 2.81. The molecule has 0 amide bonds. The molecule has 7 nitrogen and oxygen atoms in total. The van der Waals surface area contributed by atoms with Crippen LogP contribution >= 0.6 is 12.8 Å². The minimum atomic E-state index is -4.98. The topological polar surface area (TPSA) is 79.4 Å². The Kier molecular flexibility index (Phi) is 4.45. The smallest absolute Gasteiger partial charge is 0.471 e. The number of hydrogen-bond acceptors (Lipinski definition) is 6. The highest BCUT2D eigenvalue weighted by Crippen LogP contribution is 2.33. The van der Waals surface area contributed by atoms with Crippen LogP contribution in [0.2, 0.25) is 0 Å². The van der Waals surface area contributed by atoms with Gasteiger partial charge in [-0.1, -0.05) is 6.07 Å². The maximum Gasteiger partial charge on any atom is 0.573 e. The molecule has 0 radical (unpaired) electrons. The van der Waals surface area contributed by atoms with E-state index in [1.165, 1.54) is 12.3 Å². The number of nitro groups is 1. The summed E-state index contributed by atoms with van der Waals surface area (Å²) < 4.78 is 47.1. The SMILES string of the molecule is O=[N+]([O-])c1cccc(OC(F)(F)F)c1COc1ccn(S)n1. The highest BCUT2D eigenvalue weighted by atomic mass is 32.1. The lowest BCUT2D eigenvalue weighted by Gasteiger charge is -2.13. The first-order valence-electron chi connectivity index (χ1n) is 5.66. The van der Waals surface area contributed by atoms with Gasteiger partial charge in [0.2, 0.25) is 5.88 Å². The fourth-order valence-corrected chi connectivity index (χ4v) is 1.77. The molecule has 0 atom stereocenters. The number of ether oxygens (including phenoxy) is 2. The molecule has 118 valence electrons. The average molecular weight is 335 g/mol. The second-order valence-corrected chi connectivity index (χ2v) is 4.33. The summed E-state index contributed by atoms with van der Waals surface area (Å²) in [4.78, 5) is 10.1. The van der Waals surface area contributed by atoms with Crippen LogP contribution in [0, 0.1) is 10.1 Å². The van der Waals surface area contributed by atoms with E-state index < -0.39 is 29.3 Å². The van der Waals surface area contributed by atoms with E-state index in [1.54, 1.807) is 0 Å². The number of nitrogens with zero attached hydrogens (tertiary/aromatic N) is 3. The number of hydrogen-bond donors (Lipinski definition) is 1. The van der Waals surface area contributed by atoms with Gasteiger partial charge in [0.05, 0.1) is 4.92 Å². The zero-order chi connectivity index (χ0) is 16.3. The number of aromatic nitrogens is 2. The van der Waals surface area contributed by atoms with Crippen LogP contribution < -0.4 is 9.47 Å². The van der Waals surface area contributed by atoms with Crippen molar-refractivity contribution in [1.29, 1.82) is 0 Å². The molecule has 22 heavy (non-hydrogen) atoms. The second-order valence-electron chi connectivity index (χ2n) is 3.92. The van der Waals surface area contributed by atoms with E-state index in [0.29, 0.717) is 0 Å². The molecular formula is C11H8F3N3O4S. The number of benzene rings is 1. The van der Waals surface area contributed by atoms with Crippen LogP contribution in [0.1, 0.15) is 5.56 Å². The molecule has 0 N–H and O–H groups in total. The third-order valence-corrected chi connectivity index (χ3v) is 2.67. The Hall–Kier alpha value is -2.43. The maximum absolute atomic E-state index is 12.4. The minimum Gasteiger partial charge on any atom is -0.471 e. The molecule has 0 aliphatic heterocycles. The van der Waals surface area contributed by atoms with Crippen LogP contribution in [0.5, 0.6) is 11.6 Å². The van der Waals surface area contributed by atoms with E-state index in [2.05, 4.69) is 22.7 Å². The molecule has 1 heterocycles. The normalized spacial score (nSPS) is 11.3. The van der Waals surface area contributed by atoms with Gasteiger partial charge in [-0.05, 0) is 18.9 Å². The highest BCUT2D eigenvalue weighted by Gasteiger charge is 2.34. The molecule has 0 aliphatic rings. The van der Waals surface area contributed by atoms with E-state index in [4.69, 9.17) is 4.74 Å². The van der Waals surface area contributed by atoms with Gasteiger partial charge in [-0.25, -0.2) is 4.09 Å². The molecule has 1 aromatic carbocycles. The summed E-state index contributed by atoms with van der Waals surface area (Å²) in [6.45, 7) is -0.520. The van der Waals surface area contributed by atoms with Crippen molar-refractivity contribution >= 4 is 18.5 Å². The Morgan fingerprint density at radius 1 is 1.36 bits per heavy atom. The number of rotatable bonds is 5. The van der Waals surface area contributed by atoms with Crippen LogP contribution in [-0.4, -0.2) is 20.5 Å². The lowest BCUT2D eigenvalue weighted by atomic mass is 10.1. The summed E-state index contributed by atoms with van der Waals surface area (Å²) in [5.41, 5.74) is -0.898. The highest BCUT2D eigenvalue weighted by molar-refractivity contribution is 7.78. The molecule has 2 rings (SSSR count). The molecule has 0 saturated carbocycles. The molecule has 2 aromatic rings. The molecule has 0 saturated heterocycles. The van der Waals surface area contributed by atoms with Gasteiger partial charge >= 0.3 is 6.36 Å². The van der Waals surface area contributed by atoms with E-state index in [1.807, 2.05) is 0 Å². The molecule has 0 unspecified atom stereocenters. The Bertz CT molecular complexity index is 689. The van der Waals surface area contributed by atoms with Gasteiger partial charge in [0, 0.05) is 18.3 Å². The van der Waals surface area contributed by atoms with Crippen LogP contribution in [0.15, 0.2) is 30.5 Å². The third kappa shape index (κ3) is 4.04. The van der Waals surface area contributed by atoms with Gasteiger partial charge < -0.3 is 9.47 Å². The molecule has 0 aliphatic carbocycles. The largest absolute Gasteiger partial charge is 0.573 e. The van der Waals surface area contributed by atoms with E-state index in [0.717, 1.165) is 22.3 Å². The van der Waals surface area contributed by atoms with Crippen LogP contribution in [0.25, 0.3) is 0 Å². The van der Waals surface area contributed by atoms with E-state index in [9.17, 15) is 23.3 Å². The van der Waals surface area contributed by atoms with Crippen LogP contribution in [0.4, 0.5) is 18.9 Å². The predicted octanol–water partition coefficient (Wildman–Crippen LogP) is 2.96. The van der Waals surface area contributed by atoms with E-state index >= 15 is 0 Å².